The Morgan fingerprint density at radius 3 is 2.86 bits per heavy atom. The lowest BCUT2D eigenvalue weighted by Gasteiger charge is -2.20. The predicted octanol–water partition coefficient (Wildman–Crippen LogP) is 1.65. The Bertz CT molecular complexity index is 273. The molecule has 0 radical (unpaired) electrons. The molecule has 3 heteroatoms. The molecule has 1 rings (SSSR count). The van der Waals surface area contributed by atoms with Crippen molar-refractivity contribution in [3.63, 3.8) is 0 Å². The Labute approximate surface area is 86.2 Å². The van der Waals surface area contributed by atoms with Gasteiger partial charge >= 0.3 is 0 Å². The number of nitrogens with one attached hydrogen (secondary N) is 1. The van der Waals surface area contributed by atoms with Crippen LogP contribution < -0.4 is 10.2 Å². The van der Waals surface area contributed by atoms with Crippen molar-refractivity contribution >= 4 is 5.69 Å². The maximum atomic E-state index is 4.15. The average molecular weight is 193 g/mol. The summed E-state index contributed by atoms with van der Waals surface area (Å²) >= 11 is 0. The summed E-state index contributed by atoms with van der Waals surface area (Å²) in [6.45, 7) is 7.18. The van der Waals surface area contributed by atoms with Crippen molar-refractivity contribution in [2.24, 2.45) is 0 Å². The smallest absolute Gasteiger partial charge is 0.0595 e. The van der Waals surface area contributed by atoms with Crippen molar-refractivity contribution in [2.75, 3.05) is 25.0 Å². The largest absolute Gasteiger partial charge is 0.373 e. The van der Waals surface area contributed by atoms with Crippen LogP contribution in [0.5, 0.6) is 0 Å². The van der Waals surface area contributed by atoms with Gasteiger partial charge in [0.25, 0.3) is 0 Å². The molecule has 0 atom stereocenters. The summed E-state index contributed by atoms with van der Waals surface area (Å²) < 4.78 is 0. The van der Waals surface area contributed by atoms with E-state index in [0.29, 0.717) is 0 Å². The molecular formula is C11H19N3. The van der Waals surface area contributed by atoms with Gasteiger partial charge in [-0.1, -0.05) is 6.92 Å². The van der Waals surface area contributed by atoms with Crippen molar-refractivity contribution in [1.82, 2.24) is 10.3 Å². The average Bonchev–Trinajstić information content (AvgIpc) is 2.25. The van der Waals surface area contributed by atoms with Gasteiger partial charge in [-0.3, -0.25) is 4.98 Å². The Morgan fingerprint density at radius 1 is 1.43 bits per heavy atom. The van der Waals surface area contributed by atoms with E-state index < -0.39 is 0 Å². The van der Waals surface area contributed by atoms with Crippen LogP contribution in [0.25, 0.3) is 0 Å². The molecule has 14 heavy (non-hydrogen) atoms. The summed E-state index contributed by atoms with van der Waals surface area (Å²) in [5.41, 5.74) is 2.53. The SMILES string of the molecule is CCNCc1ccncc1N(C)CC. The zero-order valence-electron chi connectivity index (χ0n) is 9.25. The first kappa shape index (κ1) is 11.0. The first-order valence-corrected chi connectivity index (χ1v) is 5.14. The zero-order valence-corrected chi connectivity index (χ0v) is 9.25. The number of hydrogen-bond acceptors (Lipinski definition) is 3. The minimum atomic E-state index is 0.915. The van der Waals surface area contributed by atoms with Gasteiger partial charge in [0.05, 0.1) is 11.9 Å². The lowest BCUT2D eigenvalue weighted by molar-refractivity contribution is 0.723. The van der Waals surface area contributed by atoms with E-state index >= 15 is 0 Å². The van der Waals surface area contributed by atoms with Crippen LogP contribution in [0.15, 0.2) is 18.5 Å². The molecule has 1 heterocycles. The van der Waals surface area contributed by atoms with Gasteiger partial charge in [-0.15, -0.1) is 0 Å². The molecule has 78 valence electrons. The van der Waals surface area contributed by atoms with Crippen LogP contribution in [0, 0.1) is 0 Å². The predicted molar refractivity (Wildman–Crippen MR) is 60.6 cm³/mol. The molecule has 0 aliphatic heterocycles. The molecule has 1 aromatic rings. The molecular weight excluding hydrogens is 174 g/mol. The second-order valence-electron chi connectivity index (χ2n) is 3.30. The molecule has 3 nitrogen and oxygen atoms in total. The van der Waals surface area contributed by atoms with Gasteiger partial charge in [0.15, 0.2) is 0 Å². The number of nitrogens with zero attached hydrogens (tertiary/aromatic N) is 2. The van der Waals surface area contributed by atoms with Crippen LogP contribution in [-0.2, 0) is 6.54 Å². The van der Waals surface area contributed by atoms with E-state index in [1.807, 2.05) is 12.4 Å². The van der Waals surface area contributed by atoms with E-state index in [-0.39, 0.29) is 0 Å². The summed E-state index contributed by atoms with van der Waals surface area (Å²) in [5, 5.41) is 3.33. The highest BCUT2D eigenvalue weighted by atomic mass is 15.1. The van der Waals surface area contributed by atoms with E-state index in [2.05, 4.69) is 42.2 Å². The van der Waals surface area contributed by atoms with E-state index in [0.717, 1.165) is 19.6 Å². The summed E-state index contributed by atoms with van der Waals surface area (Å²) in [5.74, 6) is 0. The van der Waals surface area contributed by atoms with Gasteiger partial charge in [-0.25, -0.2) is 0 Å². The van der Waals surface area contributed by atoms with Crippen LogP contribution in [0.4, 0.5) is 5.69 Å². The molecule has 1 aromatic heterocycles. The normalized spacial score (nSPS) is 10.2. The molecule has 0 spiro atoms. The standard InChI is InChI=1S/C11H19N3/c1-4-12-8-10-6-7-13-9-11(10)14(3)5-2/h6-7,9,12H,4-5,8H2,1-3H3. The zero-order chi connectivity index (χ0) is 10.4. The van der Waals surface area contributed by atoms with Crippen LogP contribution in [0.3, 0.4) is 0 Å². The molecule has 0 amide bonds. The third-order valence-electron chi connectivity index (χ3n) is 2.34. The van der Waals surface area contributed by atoms with Gasteiger partial charge in [-0.2, -0.15) is 0 Å². The summed E-state index contributed by atoms with van der Waals surface area (Å²) in [4.78, 5) is 6.36. The third-order valence-corrected chi connectivity index (χ3v) is 2.34. The van der Waals surface area contributed by atoms with Crippen molar-refractivity contribution in [2.45, 2.75) is 20.4 Å². The Morgan fingerprint density at radius 2 is 2.21 bits per heavy atom. The number of rotatable bonds is 5. The monoisotopic (exact) mass is 193 g/mol. The van der Waals surface area contributed by atoms with Crippen LogP contribution in [0.1, 0.15) is 19.4 Å². The second kappa shape index (κ2) is 5.60. The van der Waals surface area contributed by atoms with Crippen molar-refractivity contribution < 1.29 is 0 Å². The summed E-state index contributed by atoms with van der Waals surface area (Å²) in [7, 11) is 2.09. The highest BCUT2D eigenvalue weighted by Gasteiger charge is 2.04. The maximum Gasteiger partial charge on any atom is 0.0595 e. The Kier molecular flexibility index (Phi) is 4.40. The number of anilines is 1. The Balaban J connectivity index is 2.79. The lowest BCUT2D eigenvalue weighted by atomic mass is 10.2. The van der Waals surface area contributed by atoms with Gasteiger partial charge in [0, 0.05) is 26.3 Å². The number of aromatic nitrogens is 1. The number of hydrogen-bond donors (Lipinski definition) is 1. The lowest BCUT2D eigenvalue weighted by Crippen LogP contribution is -2.20. The number of pyridine rings is 1. The first-order chi connectivity index (χ1) is 6.79. The van der Waals surface area contributed by atoms with Crippen LogP contribution >= 0.6 is 0 Å². The van der Waals surface area contributed by atoms with Gasteiger partial charge in [0.1, 0.15) is 0 Å². The molecule has 0 bridgehead atoms. The molecule has 0 fully saturated rings. The molecule has 0 aliphatic rings. The minimum Gasteiger partial charge on any atom is -0.373 e. The molecule has 0 saturated heterocycles. The van der Waals surface area contributed by atoms with E-state index in [4.69, 9.17) is 0 Å². The summed E-state index contributed by atoms with van der Waals surface area (Å²) in [6, 6.07) is 2.07. The summed E-state index contributed by atoms with van der Waals surface area (Å²) in [6.07, 6.45) is 3.77. The molecule has 1 N–H and O–H groups in total. The van der Waals surface area contributed by atoms with E-state index in [1.165, 1.54) is 11.3 Å². The maximum absolute atomic E-state index is 4.15. The quantitative estimate of drug-likeness (QED) is 0.770. The van der Waals surface area contributed by atoms with Gasteiger partial charge in [-0.05, 0) is 25.1 Å². The Hall–Kier alpha value is -1.09. The highest BCUT2D eigenvalue weighted by molar-refractivity contribution is 5.50. The fourth-order valence-corrected chi connectivity index (χ4v) is 1.34. The van der Waals surface area contributed by atoms with Crippen LogP contribution in [-0.4, -0.2) is 25.1 Å². The van der Waals surface area contributed by atoms with E-state index in [9.17, 15) is 0 Å². The molecule has 0 unspecified atom stereocenters. The fraction of sp³-hybridized carbons (Fsp3) is 0.545. The molecule has 0 aliphatic carbocycles. The second-order valence-corrected chi connectivity index (χ2v) is 3.30. The molecule has 0 aromatic carbocycles. The van der Waals surface area contributed by atoms with Crippen molar-refractivity contribution in [3.05, 3.63) is 24.0 Å². The van der Waals surface area contributed by atoms with E-state index in [1.54, 1.807) is 0 Å². The third kappa shape index (κ3) is 2.70. The fourth-order valence-electron chi connectivity index (χ4n) is 1.34. The molecule has 0 saturated carbocycles. The topological polar surface area (TPSA) is 28.2 Å². The highest BCUT2D eigenvalue weighted by Crippen LogP contribution is 2.16. The first-order valence-electron chi connectivity index (χ1n) is 5.14. The minimum absolute atomic E-state index is 0.915. The van der Waals surface area contributed by atoms with Crippen LogP contribution in [0.2, 0.25) is 0 Å². The van der Waals surface area contributed by atoms with Gasteiger partial charge in [0.2, 0.25) is 0 Å². The van der Waals surface area contributed by atoms with Gasteiger partial charge < -0.3 is 10.2 Å². The van der Waals surface area contributed by atoms with Crippen molar-refractivity contribution in [3.8, 4) is 0 Å². The van der Waals surface area contributed by atoms with Crippen molar-refractivity contribution in [1.29, 1.82) is 0 Å².